The van der Waals surface area contributed by atoms with Gasteiger partial charge in [0, 0.05) is 10.9 Å². The van der Waals surface area contributed by atoms with Gasteiger partial charge in [0.05, 0.1) is 21.4 Å². The number of nitrogens with one attached hydrogen (secondary N) is 1. The number of benzene rings is 3. The highest BCUT2D eigenvalue weighted by Gasteiger charge is 2.26. The maximum absolute atomic E-state index is 13.9. The lowest BCUT2D eigenvalue weighted by Crippen LogP contribution is -2.31. The molecule has 1 aliphatic carbocycles. The molecule has 3 aromatic carbocycles. The largest absolute Gasteiger partial charge is 0.485 e. The summed E-state index contributed by atoms with van der Waals surface area (Å²) in [5.74, 6) is 0.154. The quantitative estimate of drug-likeness (QED) is 0.216. The molecule has 0 bridgehead atoms. The molecule has 1 aliphatic rings. The molecule has 0 saturated heterocycles. The summed E-state index contributed by atoms with van der Waals surface area (Å²) in [5.41, 5.74) is 4.47. The summed E-state index contributed by atoms with van der Waals surface area (Å²) in [6.45, 7) is 5.78. The van der Waals surface area contributed by atoms with Crippen molar-refractivity contribution >= 4 is 37.8 Å². The average molecular weight is 579 g/mol. The molecule has 0 saturated carbocycles. The number of aromatic nitrogens is 1. The molecule has 5 aromatic rings. The molecule has 0 radical (unpaired) electrons. The zero-order valence-electron chi connectivity index (χ0n) is 23.5. The van der Waals surface area contributed by atoms with Gasteiger partial charge in [-0.2, -0.15) is 0 Å². The van der Waals surface area contributed by atoms with Crippen LogP contribution >= 0.6 is 0 Å². The molecule has 1 N–H and O–H groups in total. The van der Waals surface area contributed by atoms with E-state index >= 15 is 0 Å². The maximum atomic E-state index is 13.9. The van der Waals surface area contributed by atoms with Crippen molar-refractivity contribution in [2.75, 3.05) is 0 Å². The van der Waals surface area contributed by atoms with Gasteiger partial charge in [-0.15, -0.1) is 0 Å². The number of sulfonamides is 1. The summed E-state index contributed by atoms with van der Waals surface area (Å²) < 4.78 is 41.3. The van der Waals surface area contributed by atoms with Crippen LogP contribution in [-0.4, -0.2) is 25.4 Å². The molecule has 2 aromatic heterocycles. The number of ether oxygens (including phenoxy) is 1. The molecule has 7 nitrogen and oxygen atoms in total. The van der Waals surface area contributed by atoms with E-state index in [1.807, 2.05) is 57.2 Å². The minimum absolute atomic E-state index is 0.0117. The van der Waals surface area contributed by atoms with Gasteiger partial charge >= 0.3 is 0 Å². The summed E-state index contributed by atoms with van der Waals surface area (Å²) in [7, 11) is -4.15. The number of carbonyl (C=O) groups excluding carboxylic acids is 1. The highest BCUT2D eigenvalue weighted by molar-refractivity contribution is 7.90. The molecule has 6 rings (SSSR count). The minimum Gasteiger partial charge on any atom is -0.485 e. The summed E-state index contributed by atoms with van der Waals surface area (Å²) in [6, 6.07) is 20.7. The van der Waals surface area contributed by atoms with Crippen LogP contribution in [0.4, 0.5) is 0 Å². The van der Waals surface area contributed by atoms with E-state index in [0.29, 0.717) is 33.7 Å². The van der Waals surface area contributed by atoms with E-state index in [4.69, 9.17) is 14.1 Å². The number of fused-ring (bicyclic) bond motifs is 2. The van der Waals surface area contributed by atoms with Gasteiger partial charge in [-0.25, -0.2) is 18.1 Å². The third-order valence-corrected chi connectivity index (χ3v) is 8.87. The smallest absolute Gasteiger partial charge is 0.265 e. The van der Waals surface area contributed by atoms with Crippen LogP contribution in [0.3, 0.4) is 0 Å². The van der Waals surface area contributed by atoms with Crippen LogP contribution in [0.1, 0.15) is 41.3 Å². The van der Waals surface area contributed by atoms with Gasteiger partial charge in [0.15, 0.2) is 5.76 Å². The monoisotopic (exact) mass is 578 g/mol. The Bertz CT molecular complexity index is 2010. The lowest BCUT2D eigenvalue weighted by Gasteiger charge is -2.21. The Labute approximate surface area is 244 Å². The number of para-hydroxylation sites is 1. The van der Waals surface area contributed by atoms with Crippen LogP contribution in [-0.2, 0) is 10.0 Å². The first-order valence-electron chi connectivity index (χ1n) is 13.8. The molecule has 212 valence electrons. The standard InChI is InChI=1S/C34H30N2O5S/c1-21-18-19-30(40-23(3)24-12-6-4-7-13-24)31-27(34(37)36-42(38,39)25-14-8-5-9-15-25)20-28(35-32(21)31)33-22(2)26-16-10-11-17-29(26)41-33/h5-6,8-20,23H,4,7H2,1-3H3,(H,36,37). The molecule has 2 heterocycles. The number of allylic oxidation sites excluding steroid dienone is 2. The number of aryl methyl sites for hydroxylation is 2. The van der Waals surface area contributed by atoms with Crippen LogP contribution in [0.25, 0.3) is 33.3 Å². The van der Waals surface area contributed by atoms with Crippen molar-refractivity contribution in [3.63, 3.8) is 0 Å². The normalized spacial score (nSPS) is 14.1. The van der Waals surface area contributed by atoms with Crippen LogP contribution in [0.5, 0.6) is 5.75 Å². The minimum atomic E-state index is -4.15. The number of carbonyl (C=O) groups is 1. The zero-order chi connectivity index (χ0) is 29.4. The third kappa shape index (κ3) is 5.10. The molecule has 0 fully saturated rings. The van der Waals surface area contributed by atoms with Crippen molar-refractivity contribution in [2.45, 2.75) is 44.6 Å². The summed E-state index contributed by atoms with van der Waals surface area (Å²) in [5, 5.41) is 1.36. The Morgan fingerprint density at radius 3 is 2.50 bits per heavy atom. The van der Waals surface area contributed by atoms with E-state index in [9.17, 15) is 13.2 Å². The molecule has 42 heavy (non-hydrogen) atoms. The number of pyridine rings is 1. The van der Waals surface area contributed by atoms with Crippen LogP contribution in [0.2, 0.25) is 0 Å². The SMILES string of the molecule is Cc1c(-c2cc(C(=O)NS(=O)(=O)c3ccccc3)c3c(OC(C)C4=CCCC=C4)ccc(C)c3n2)oc2ccccc12. The van der Waals surface area contributed by atoms with E-state index in [1.54, 1.807) is 30.3 Å². The molecule has 0 aliphatic heterocycles. The van der Waals surface area contributed by atoms with Gasteiger partial charge < -0.3 is 9.15 Å². The number of rotatable bonds is 7. The lowest BCUT2D eigenvalue weighted by molar-refractivity contribution is 0.0982. The fraction of sp³-hybridized carbons (Fsp3) is 0.176. The first-order chi connectivity index (χ1) is 20.2. The predicted molar refractivity (Wildman–Crippen MR) is 164 cm³/mol. The van der Waals surface area contributed by atoms with Crippen LogP contribution < -0.4 is 9.46 Å². The Morgan fingerprint density at radius 2 is 1.76 bits per heavy atom. The van der Waals surface area contributed by atoms with Crippen molar-refractivity contribution in [1.82, 2.24) is 9.71 Å². The first kappa shape index (κ1) is 27.5. The van der Waals surface area contributed by atoms with Gasteiger partial charge in [0.25, 0.3) is 15.9 Å². The van der Waals surface area contributed by atoms with Crippen LogP contribution in [0.15, 0.2) is 106 Å². The van der Waals surface area contributed by atoms with E-state index < -0.39 is 15.9 Å². The second-order valence-corrected chi connectivity index (χ2v) is 12.1. The molecular weight excluding hydrogens is 548 g/mol. The van der Waals surface area contributed by atoms with E-state index in [1.165, 1.54) is 12.1 Å². The van der Waals surface area contributed by atoms with Crippen molar-refractivity contribution < 1.29 is 22.4 Å². The Hall–Kier alpha value is -4.69. The zero-order valence-corrected chi connectivity index (χ0v) is 24.4. The Balaban J connectivity index is 1.54. The number of hydrogen-bond donors (Lipinski definition) is 1. The summed E-state index contributed by atoms with van der Waals surface area (Å²) >= 11 is 0. The van der Waals surface area contributed by atoms with Crippen molar-refractivity contribution in [3.8, 4) is 17.2 Å². The predicted octanol–water partition coefficient (Wildman–Crippen LogP) is 7.43. The van der Waals surface area contributed by atoms with Gasteiger partial charge in [0.1, 0.15) is 23.1 Å². The molecule has 8 heteroatoms. The number of amides is 1. The van der Waals surface area contributed by atoms with Gasteiger partial charge in [-0.05, 0) is 75.1 Å². The third-order valence-electron chi connectivity index (χ3n) is 7.52. The maximum Gasteiger partial charge on any atom is 0.265 e. The van der Waals surface area contributed by atoms with E-state index in [-0.39, 0.29) is 16.6 Å². The fourth-order valence-corrected chi connectivity index (χ4v) is 6.27. The molecular formula is C34H30N2O5S. The fourth-order valence-electron chi connectivity index (χ4n) is 5.28. The Kier molecular flexibility index (Phi) is 7.16. The van der Waals surface area contributed by atoms with Gasteiger partial charge in [-0.1, -0.05) is 60.7 Å². The molecule has 0 spiro atoms. The van der Waals surface area contributed by atoms with E-state index in [0.717, 1.165) is 34.9 Å². The molecule has 1 atom stereocenters. The lowest BCUT2D eigenvalue weighted by atomic mass is 10.0. The van der Waals surface area contributed by atoms with Crippen molar-refractivity contribution in [2.24, 2.45) is 0 Å². The van der Waals surface area contributed by atoms with Crippen LogP contribution in [0, 0.1) is 13.8 Å². The molecule has 1 unspecified atom stereocenters. The second-order valence-electron chi connectivity index (χ2n) is 10.4. The van der Waals surface area contributed by atoms with Gasteiger partial charge in [-0.3, -0.25) is 4.79 Å². The highest BCUT2D eigenvalue weighted by Crippen LogP contribution is 2.38. The summed E-state index contributed by atoms with van der Waals surface area (Å²) in [4.78, 5) is 18.8. The highest BCUT2D eigenvalue weighted by atomic mass is 32.2. The summed E-state index contributed by atoms with van der Waals surface area (Å²) in [6.07, 6.45) is 7.92. The average Bonchev–Trinajstić information content (AvgIpc) is 3.35. The van der Waals surface area contributed by atoms with Crippen molar-refractivity contribution in [1.29, 1.82) is 0 Å². The van der Waals surface area contributed by atoms with Gasteiger partial charge in [0.2, 0.25) is 0 Å². The first-order valence-corrected chi connectivity index (χ1v) is 15.3. The Morgan fingerprint density at radius 1 is 1.00 bits per heavy atom. The number of furan rings is 1. The number of nitrogens with zero attached hydrogens (tertiary/aromatic N) is 1. The molecule has 1 amide bonds. The van der Waals surface area contributed by atoms with Crippen molar-refractivity contribution in [3.05, 3.63) is 113 Å². The topological polar surface area (TPSA) is 98.5 Å². The van der Waals surface area contributed by atoms with E-state index in [2.05, 4.69) is 16.9 Å². The second kappa shape index (κ2) is 10.9. The number of hydrogen-bond acceptors (Lipinski definition) is 6.